The molecule has 30 heavy (non-hydrogen) atoms. The summed E-state index contributed by atoms with van der Waals surface area (Å²) >= 11 is 0. The van der Waals surface area contributed by atoms with Crippen LogP contribution in [0.15, 0.2) is 36.7 Å². The summed E-state index contributed by atoms with van der Waals surface area (Å²) in [6.07, 6.45) is 4.83. The summed E-state index contributed by atoms with van der Waals surface area (Å²) in [5.74, 6) is -0.555. The predicted octanol–water partition coefficient (Wildman–Crippen LogP) is 1.09. The van der Waals surface area contributed by atoms with Crippen LogP contribution in [-0.2, 0) is 4.79 Å². The number of benzene rings is 1. The molecule has 0 bridgehead atoms. The van der Waals surface area contributed by atoms with E-state index in [0.29, 0.717) is 18.7 Å². The van der Waals surface area contributed by atoms with Crippen molar-refractivity contribution in [2.45, 2.75) is 12.8 Å². The van der Waals surface area contributed by atoms with Crippen LogP contribution < -0.4 is 10.7 Å². The van der Waals surface area contributed by atoms with Gasteiger partial charge in [-0.2, -0.15) is 0 Å². The SMILES string of the molecule is CN1C[C@@H](CO)[C@]2(CCCN(n3c4ccccc4c4cncc(C(N)=O)c43)C2)C1=O. The number of hydrogen-bond acceptors (Lipinski definition) is 5. The lowest BCUT2D eigenvalue weighted by molar-refractivity contribution is -0.137. The topological polar surface area (TPSA) is 105 Å². The minimum Gasteiger partial charge on any atom is -0.396 e. The van der Waals surface area contributed by atoms with Crippen molar-refractivity contribution in [3.05, 3.63) is 42.2 Å². The van der Waals surface area contributed by atoms with Gasteiger partial charge in [0.15, 0.2) is 0 Å². The maximum absolute atomic E-state index is 13.2. The summed E-state index contributed by atoms with van der Waals surface area (Å²) in [4.78, 5) is 31.4. The number of fused-ring (bicyclic) bond motifs is 3. The van der Waals surface area contributed by atoms with Crippen LogP contribution in [-0.4, -0.2) is 64.8 Å². The average molecular weight is 407 g/mol. The van der Waals surface area contributed by atoms with Crippen molar-refractivity contribution in [3.8, 4) is 0 Å². The zero-order chi connectivity index (χ0) is 21.0. The number of likely N-dealkylation sites (tertiary alicyclic amines) is 1. The third-order valence-corrected chi connectivity index (χ3v) is 6.87. The van der Waals surface area contributed by atoms with Crippen LogP contribution in [0.3, 0.4) is 0 Å². The molecule has 5 rings (SSSR count). The van der Waals surface area contributed by atoms with Gasteiger partial charge in [0.1, 0.15) is 0 Å². The molecular weight excluding hydrogens is 382 g/mol. The van der Waals surface area contributed by atoms with E-state index in [4.69, 9.17) is 5.73 Å². The van der Waals surface area contributed by atoms with Gasteiger partial charge in [-0.25, -0.2) is 0 Å². The lowest BCUT2D eigenvalue weighted by Gasteiger charge is -2.43. The number of amides is 2. The molecule has 2 amide bonds. The molecule has 0 radical (unpaired) electrons. The summed E-state index contributed by atoms with van der Waals surface area (Å²) in [6, 6.07) is 7.93. The number of carbonyl (C=O) groups excluding carboxylic acids is 2. The molecule has 8 heteroatoms. The minimum atomic E-state index is -0.626. The van der Waals surface area contributed by atoms with E-state index in [-0.39, 0.29) is 18.4 Å². The van der Waals surface area contributed by atoms with Crippen LogP contribution in [0.1, 0.15) is 23.2 Å². The number of nitrogens with zero attached hydrogens (tertiary/aromatic N) is 4. The maximum Gasteiger partial charge on any atom is 0.252 e. The number of aromatic nitrogens is 2. The van der Waals surface area contributed by atoms with Gasteiger partial charge in [-0.15, -0.1) is 0 Å². The number of piperidine rings is 1. The quantitative estimate of drug-likeness (QED) is 0.676. The molecule has 1 spiro atoms. The van der Waals surface area contributed by atoms with Gasteiger partial charge in [-0.3, -0.25) is 19.2 Å². The highest BCUT2D eigenvalue weighted by molar-refractivity contribution is 6.15. The molecule has 4 heterocycles. The molecule has 2 aliphatic rings. The molecule has 8 nitrogen and oxygen atoms in total. The first-order valence-electron chi connectivity index (χ1n) is 10.3. The average Bonchev–Trinajstić information content (AvgIpc) is 3.21. The Balaban J connectivity index is 1.73. The number of hydrogen-bond donors (Lipinski definition) is 2. The number of aliphatic hydroxyl groups excluding tert-OH is 1. The fourth-order valence-electron chi connectivity index (χ4n) is 5.47. The lowest BCUT2D eigenvalue weighted by atomic mass is 9.72. The summed E-state index contributed by atoms with van der Waals surface area (Å²) in [6.45, 7) is 1.77. The summed E-state index contributed by atoms with van der Waals surface area (Å²) < 4.78 is 2.04. The highest BCUT2D eigenvalue weighted by Crippen LogP contribution is 2.44. The van der Waals surface area contributed by atoms with Crippen LogP contribution in [0.4, 0.5) is 0 Å². The number of pyridine rings is 1. The second kappa shape index (κ2) is 6.70. The van der Waals surface area contributed by atoms with Crippen LogP contribution in [0.25, 0.3) is 21.8 Å². The third-order valence-electron chi connectivity index (χ3n) is 6.87. The number of rotatable bonds is 3. The molecular formula is C22H25N5O3. The van der Waals surface area contributed by atoms with Gasteiger partial charge >= 0.3 is 0 Å². The Hall–Kier alpha value is -3.13. The van der Waals surface area contributed by atoms with Crippen molar-refractivity contribution in [1.29, 1.82) is 0 Å². The van der Waals surface area contributed by atoms with Gasteiger partial charge in [0, 0.05) is 62.4 Å². The van der Waals surface area contributed by atoms with E-state index in [2.05, 4.69) is 9.99 Å². The lowest BCUT2D eigenvalue weighted by Crippen LogP contribution is -2.54. The van der Waals surface area contributed by atoms with Gasteiger partial charge in [-0.1, -0.05) is 18.2 Å². The molecule has 0 unspecified atom stereocenters. The first-order valence-corrected chi connectivity index (χ1v) is 10.3. The predicted molar refractivity (Wildman–Crippen MR) is 114 cm³/mol. The largest absolute Gasteiger partial charge is 0.396 e. The van der Waals surface area contributed by atoms with Gasteiger partial charge in [0.25, 0.3) is 5.91 Å². The van der Waals surface area contributed by atoms with E-state index in [9.17, 15) is 14.7 Å². The van der Waals surface area contributed by atoms with Crippen molar-refractivity contribution in [3.63, 3.8) is 0 Å². The zero-order valence-corrected chi connectivity index (χ0v) is 16.9. The summed E-state index contributed by atoms with van der Waals surface area (Å²) in [5, 5.41) is 14.0. The smallest absolute Gasteiger partial charge is 0.252 e. The first kappa shape index (κ1) is 18.9. The third kappa shape index (κ3) is 2.46. The van der Waals surface area contributed by atoms with Crippen LogP contribution >= 0.6 is 0 Å². The van der Waals surface area contributed by atoms with Crippen LogP contribution in [0.5, 0.6) is 0 Å². The molecule has 2 fully saturated rings. The maximum atomic E-state index is 13.2. The normalized spacial score (nSPS) is 24.5. The van der Waals surface area contributed by atoms with Gasteiger partial charge < -0.3 is 20.7 Å². The second-order valence-corrected chi connectivity index (χ2v) is 8.49. The number of nitrogens with two attached hydrogens (primary N) is 1. The Morgan fingerprint density at radius 1 is 1.30 bits per heavy atom. The monoisotopic (exact) mass is 407 g/mol. The van der Waals surface area contributed by atoms with Gasteiger partial charge in [0.2, 0.25) is 5.91 Å². The van der Waals surface area contributed by atoms with E-state index in [1.54, 1.807) is 18.1 Å². The van der Waals surface area contributed by atoms with E-state index >= 15 is 0 Å². The summed E-state index contributed by atoms with van der Waals surface area (Å²) in [5.41, 5.74) is 7.09. The van der Waals surface area contributed by atoms with Crippen LogP contribution in [0, 0.1) is 11.3 Å². The fourth-order valence-corrected chi connectivity index (χ4v) is 5.47. The molecule has 2 atom stereocenters. The second-order valence-electron chi connectivity index (χ2n) is 8.49. The first-order chi connectivity index (χ1) is 14.5. The number of para-hydroxylation sites is 1. The van der Waals surface area contributed by atoms with Crippen molar-refractivity contribution < 1.29 is 14.7 Å². The Morgan fingerprint density at radius 3 is 2.87 bits per heavy atom. The highest BCUT2D eigenvalue weighted by Gasteiger charge is 2.54. The molecule has 1 aromatic carbocycles. The molecule has 3 N–H and O–H groups in total. The number of primary amides is 1. The van der Waals surface area contributed by atoms with Crippen LogP contribution in [0.2, 0.25) is 0 Å². The Labute approximate surface area is 173 Å². The molecule has 0 aliphatic carbocycles. The van der Waals surface area contributed by atoms with Crippen molar-refractivity contribution in [2.75, 3.05) is 38.3 Å². The summed E-state index contributed by atoms with van der Waals surface area (Å²) in [7, 11) is 1.80. The molecule has 0 saturated carbocycles. The molecule has 2 saturated heterocycles. The fraction of sp³-hybridized carbons (Fsp3) is 0.409. The number of aliphatic hydroxyl groups is 1. The Morgan fingerprint density at radius 2 is 2.10 bits per heavy atom. The molecule has 2 aromatic heterocycles. The van der Waals surface area contributed by atoms with Gasteiger partial charge in [-0.05, 0) is 18.9 Å². The van der Waals surface area contributed by atoms with E-state index in [1.807, 2.05) is 28.9 Å². The Bertz CT molecular complexity index is 1170. The van der Waals surface area contributed by atoms with Crippen molar-refractivity contribution >= 4 is 33.6 Å². The molecule has 156 valence electrons. The van der Waals surface area contributed by atoms with E-state index in [1.165, 1.54) is 6.20 Å². The van der Waals surface area contributed by atoms with E-state index < -0.39 is 11.3 Å². The minimum absolute atomic E-state index is 0.0203. The van der Waals surface area contributed by atoms with Crippen molar-refractivity contribution in [2.24, 2.45) is 17.1 Å². The molecule has 3 aromatic rings. The highest BCUT2D eigenvalue weighted by atomic mass is 16.3. The van der Waals surface area contributed by atoms with Gasteiger partial charge in [0.05, 0.1) is 22.0 Å². The number of carbonyl (C=O) groups is 2. The van der Waals surface area contributed by atoms with Crippen molar-refractivity contribution in [1.82, 2.24) is 14.6 Å². The zero-order valence-electron chi connectivity index (χ0n) is 16.9. The van der Waals surface area contributed by atoms with E-state index in [0.717, 1.165) is 41.2 Å². The Kier molecular flexibility index (Phi) is 4.21. The molecule has 2 aliphatic heterocycles. The standard InChI is InChI=1S/C22H25N5O3/c1-25-11-14(12-28)22(21(25)30)7-4-8-26(13-22)27-18-6-3-2-5-15(18)16-9-24-10-17(19(16)27)20(23)29/h2-3,5-6,9-10,14,28H,4,7-8,11-13H2,1H3,(H2,23,29)/t14-,22+/m0/s1.